The molecule has 2 aliphatic rings. The van der Waals surface area contributed by atoms with E-state index in [1.807, 2.05) is 39.4 Å². The lowest BCUT2D eigenvalue weighted by Crippen LogP contribution is -2.45. The van der Waals surface area contributed by atoms with Gasteiger partial charge < -0.3 is 14.4 Å². The molecule has 4 heterocycles. The zero-order valence-corrected chi connectivity index (χ0v) is 25.8. The van der Waals surface area contributed by atoms with Gasteiger partial charge in [-0.1, -0.05) is 25.2 Å². The molecule has 1 aromatic carbocycles. The van der Waals surface area contributed by atoms with Crippen LogP contribution in [0.5, 0.6) is 0 Å². The second-order valence-electron chi connectivity index (χ2n) is 11.5. The Morgan fingerprint density at radius 1 is 1.20 bits per heavy atom. The second kappa shape index (κ2) is 10.9. The molecule has 3 aromatic rings. The Morgan fingerprint density at radius 3 is 2.44 bits per heavy atom. The van der Waals surface area contributed by atoms with Gasteiger partial charge >= 0.3 is 0 Å². The van der Waals surface area contributed by atoms with Gasteiger partial charge in [-0.25, -0.2) is 9.98 Å². The molecule has 0 N–H and O–H groups in total. The number of halogens is 1. The van der Waals surface area contributed by atoms with Crippen LogP contribution in [-0.2, 0) is 19.7 Å². The number of rotatable bonds is 8. The fourth-order valence-corrected chi connectivity index (χ4v) is 6.66. The molecule has 217 valence electrons. The SMILES string of the molecule is CN(C)C=Nc1nc(Cl)nc2c1ncn2[C@@]1([Si](C)C)C[C@H](ON2C(=O)c3ccccc3C2=O)[C@@H](COC(C)(C)C)O1. The molecule has 0 aliphatic carbocycles. The molecule has 14 heteroatoms. The highest BCUT2D eigenvalue weighted by atomic mass is 35.5. The standard InChI is InChI=1S/C27H33ClN7O5Si/c1-26(2,3)38-13-19-18(40-35-23(36)16-10-8-9-11-17(16)24(35)37)12-27(39-19,41(6)7)34-15-29-20-21(30-14-33(4)5)31-25(28)32-22(20)34/h8-11,14-15,18-19H,12-13H2,1-7H3/t18-,19+,27-/m0/s1. The maximum atomic E-state index is 13.2. The molecular formula is C27H33ClN7O5Si. The average molecular weight is 599 g/mol. The molecule has 2 aromatic heterocycles. The molecule has 0 saturated carbocycles. The van der Waals surface area contributed by atoms with Gasteiger partial charge in [0.2, 0.25) is 5.28 Å². The first kappa shape index (κ1) is 29.3. The zero-order valence-electron chi connectivity index (χ0n) is 24.1. The number of carbonyl (C=O) groups excluding carboxylic acids is 2. The summed E-state index contributed by atoms with van der Waals surface area (Å²) in [4.78, 5) is 52.1. The molecule has 1 fully saturated rings. The predicted molar refractivity (Wildman–Crippen MR) is 155 cm³/mol. The fraction of sp³-hybridized carbons (Fsp3) is 0.481. The maximum Gasteiger partial charge on any atom is 0.285 e. The van der Waals surface area contributed by atoms with Gasteiger partial charge in [-0.3, -0.25) is 19.0 Å². The van der Waals surface area contributed by atoms with Crippen molar-refractivity contribution >= 4 is 55.5 Å². The molecule has 1 saturated heterocycles. The topological polar surface area (TPSA) is 124 Å². The first-order valence-electron chi connectivity index (χ1n) is 13.2. The number of imidazole rings is 1. The summed E-state index contributed by atoms with van der Waals surface area (Å²) in [5.41, 5.74) is 1.07. The number of benzene rings is 1. The highest BCUT2D eigenvalue weighted by Gasteiger charge is 2.54. The van der Waals surface area contributed by atoms with Crippen molar-refractivity contribution in [2.24, 2.45) is 4.99 Å². The minimum atomic E-state index is -1.34. The van der Waals surface area contributed by atoms with Crippen molar-refractivity contribution in [3.8, 4) is 0 Å². The number of carbonyl (C=O) groups is 2. The Hall–Kier alpha value is -3.23. The van der Waals surface area contributed by atoms with Crippen molar-refractivity contribution in [1.29, 1.82) is 0 Å². The van der Waals surface area contributed by atoms with Crippen LogP contribution in [0, 0.1) is 0 Å². The number of imide groups is 1. The van der Waals surface area contributed by atoms with Crippen LogP contribution < -0.4 is 0 Å². The van der Waals surface area contributed by atoms with Crippen molar-refractivity contribution in [2.45, 2.75) is 63.4 Å². The third kappa shape index (κ3) is 5.52. The molecular weight excluding hydrogens is 566 g/mol. The largest absolute Gasteiger partial charge is 0.373 e. The van der Waals surface area contributed by atoms with E-state index in [4.69, 9.17) is 25.9 Å². The molecule has 2 aliphatic heterocycles. The van der Waals surface area contributed by atoms with Crippen molar-refractivity contribution in [3.05, 3.63) is 47.0 Å². The predicted octanol–water partition coefficient (Wildman–Crippen LogP) is 3.85. The summed E-state index contributed by atoms with van der Waals surface area (Å²) in [7, 11) is 2.36. The summed E-state index contributed by atoms with van der Waals surface area (Å²) in [6, 6.07) is 6.67. The molecule has 0 unspecified atom stereocenters. The third-order valence-electron chi connectivity index (χ3n) is 6.85. The van der Waals surface area contributed by atoms with Gasteiger partial charge in [-0.05, 0) is 44.5 Å². The van der Waals surface area contributed by atoms with E-state index in [9.17, 15) is 9.59 Å². The van der Waals surface area contributed by atoms with Gasteiger partial charge in [-0.2, -0.15) is 9.97 Å². The number of fused-ring (bicyclic) bond motifs is 2. The average Bonchev–Trinajstić information content (AvgIpc) is 3.56. The molecule has 2 amide bonds. The van der Waals surface area contributed by atoms with Crippen LogP contribution in [0.4, 0.5) is 5.82 Å². The summed E-state index contributed by atoms with van der Waals surface area (Å²) in [5, 5.41) is -0.0735. The monoisotopic (exact) mass is 598 g/mol. The quantitative estimate of drug-likeness (QED) is 0.125. The lowest BCUT2D eigenvalue weighted by atomic mass is 10.1. The number of hydroxylamine groups is 2. The van der Waals surface area contributed by atoms with Crippen LogP contribution >= 0.6 is 11.6 Å². The summed E-state index contributed by atoms with van der Waals surface area (Å²) >= 11 is 6.34. The number of hydrogen-bond donors (Lipinski definition) is 0. The maximum absolute atomic E-state index is 13.2. The molecule has 41 heavy (non-hydrogen) atoms. The lowest BCUT2D eigenvalue weighted by molar-refractivity contribution is -0.169. The van der Waals surface area contributed by atoms with Crippen molar-refractivity contribution in [1.82, 2.24) is 29.5 Å². The second-order valence-corrected chi connectivity index (χ2v) is 14.6. The van der Waals surface area contributed by atoms with E-state index in [2.05, 4.69) is 33.0 Å². The first-order chi connectivity index (χ1) is 19.3. The number of aliphatic imine (C=N–C) groups is 1. The van der Waals surface area contributed by atoms with E-state index < -0.39 is 43.8 Å². The van der Waals surface area contributed by atoms with Crippen LogP contribution in [0.15, 0.2) is 35.6 Å². The Morgan fingerprint density at radius 2 is 1.85 bits per heavy atom. The Bertz CT molecular complexity index is 1490. The Balaban J connectivity index is 1.55. The van der Waals surface area contributed by atoms with E-state index in [0.717, 1.165) is 5.06 Å². The van der Waals surface area contributed by atoms with Gasteiger partial charge in [0.1, 0.15) is 26.4 Å². The molecule has 1 radical (unpaired) electrons. The fourth-order valence-electron chi connectivity index (χ4n) is 4.86. The number of nitrogens with zero attached hydrogens (tertiary/aromatic N) is 7. The Kier molecular flexibility index (Phi) is 7.76. The van der Waals surface area contributed by atoms with Crippen molar-refractivity contribution in [2.75, 3.05) is 20.7 Å². The molecule has 0 spiro atoms. The normalized spacial score (nSPS) is 23.0. The van der Waals surface area contributed by atoms with Crippen LogP contribution in [-0.4, -0.2) is 94.9 Å². The lowest BCUT2D eigenvalue weighted by Gasteiger charge is -2.34. The van der Waals surface area contributed by atoms with Gasteiger partial charge in [-0.15, -0.1) is 5.06 Å². The minimum absolute atomic E-state index is 0.0192. The number of ether oxygens (including phenoxy) is 2. The van der Waals surface area contributed by atoms with E-state index >= 15 is 0 Å². The van der Waals surface area contributed by atoms with E-state index in [-0.39, 0.29) is 11.9 Å². The van der Waals surface area contributed by atoms with Gasteiger partial charge in [0.05, 0.1) is 36.0 Å². The van der Waals surface area contributed by atoms with Crippen molar-refractivity contribution < 1.29 is 23.9 Å². The molecule has 3 atom stereocenters. The number of aromatic nitrogens is 4. The Labute approximate surface area is 244 Å². The van der Waals surface area contributed by atoms with E-state index in [1.54, 1.807) is 41.8 Å². The molecule has 5 rings (SSSR count). The molecule has 12 nitrogen and oxygen atoms in total. The zero-order chi connectivity index (χ0) is 29.7. The highest BCUT2D eigenvalue weighted by molar-refractivity contribution is 6.58. The number of amides is 2. The van der Waals surface area contributed by atoms with Crippen LogP contribution in [0.3, 0.4) is 0 Å². The van der Waals surface area contributed by atoms with Crippen LogP contribution in [0.1, 0.15) is 47.9 Å². The third-order valence-corrected chi connectivity index (χ3v) is 9.14. The van der Waals surface area contributed by atoms with Crippen LogP contribution in [0.2, 0.25) is 18.4 Å². The van der Waals surface area contributed by atoms with Crippen molar-refractivity contribution in [3.63, 3.8) is 0 Å². The van der Waals surface area contributed by atoms with Gasteiger partial charge in [0.15, 0.2) is 17.0 Å². The van der Waals surface area contributed by atoms with E-state index in [0.29, 0.717) is 34.5 Å². The first-order valence-corrected chi connectivity index (χ1v) is 16.1. The summed E-state index contributed by atoms with van der Waals surface area (Å²) < 4.78 is 14.8. The smallest absolute Gasteiger partial charge is 0.285 e. The summed E-state index contributed by atoms with van der Waals surface area (Å²) in [6.45, 7) is 10.2. The molecule has 0 bridgehead atoms. The summed E-state index contributed by atoms with van der Waals surface area (Å²) in [5.74, 6) is -0.686. The summed E-state index contributed by atoms with van der Waals surface area (Å²) in [6.07, 6.45) is 2.26. The van der Waals surface area contributed by atoms with Crippen LogP contribution in [0.25, 0.3) is 11.2 Å². The van der Waals surface area contributed by atoms with E-state index in [1.165, 1.54) is 0 Å². The number of hydrogen-bond acceptors (Lipinski definition) is 9. The van der Waals surface area contributed by atoms with Gasteiger partial charge in [0, 0.05) is 20.5 Å². The minimum Gasteiger partial charge on any atom is -0.373 e. The highest BCUT2D eigenvalue weighted by Crippen LogP contribution is 2.42. The van der Waals surface area contributed by atoms with Gasteiger partial charge in [0.25, 0.3) is 11.8 Å².